The molecule has 0 N–H and O–H groups in total. The number of amides is 1. The van der Waals surface area contributed by atoms with Gasteiger partial charge in [-0.3, -0.25) is 4.79 Å². The first kappa shape index (κ1) is 17.2. The summed E-state index contributed by atoms with van der Waals surface area (Å²) in [6.45, 7) is 4.42. The molecule has 1 atom stereocenters. The third kappa shape index (κ3) is 4.09. The van der Waals surface area contributed by atoms with Crippen LogP contribution in [0.1, 0.15) is 13.8 Å². The quantitative estimate of drug-likeness (QED) is 0.619. The second-order valence-corrected chi connectivity index (χ2v) is 6.71. The Morgan fingerprint density at radius 1 is 1.08 bits per heavy atom. The molecule has 1 amide bonds. The van der Waals surface area contributed by atoms with E-state index in [0.29, 0.717) is 17.7 Å². The zero-order valence-corrected chi connectivity index (χ0v) is 14.9. The SMILES string of the molecule is CCN(C(=O)[C@@H](C)Sc1nnc(-c2ccccc2)o1)c1ccccc1. The van der Waals surface area contributed by atoms with E-state index in [1.807, 2.05) is 74.5 Å². The van der Waals surface area contributed by atoms with Crippen molar-refractivity contribution in [3.63, 3.8) is 0 Å². The third-order valence-electron chi connectivity index (χ3n) is 3.70. The lowest BCUT2D eigenvalue weighted by Gasteiger charge is -2.23. The molecule has 0 spiro atoms. The Bertz CT molecular complexity index is 821. The van der Waals surface area contributed by atoms with Gasteiger partial charge in [-0.15, -0.1) is 10.2 Å². The number of hydrogen-bond donors (Lipinski definition) is 0. The fourth-order valence-electron chi connectivity index (χ4n) is 2.45. The number of carbonyl (C=O) groups excluding carboxylic acids is 1. The third-order valence-corrected chi connectivity index (χ3v) is 4.62. The van der Waals surface area contributed by atoms with Crippen LogP contribution in [0.4, 0.5) is 5.69 Å². The maximum absolute atomic E-state index is 12.8. The van der Waals surface area contributed by atoms with Crippen molar-refractivity contribution < 1.29 is 9.21 Å². The molecule has 2 aromatic carbocycles. The smallest absolute Gasteiger partial charge is 0.277 e. The van der Waals surface area contributed by atoms with Gasteiger partial charge in [0.1, 0.15) is 0 Å². The molecule has 0 radical (unpaired) electrons. The first-order valence-electron chi connectivity index (χ1n) is 8.11. The highest BCUT2D eigenvalue weighted by molar-refractivity contribution is 8.00. The monoisotopic (exact) mass is 353 g/mol. The van der Waals surface area contributed by atoms with E-state index in [-0.39, 0.29) is 11.2 Å². The summed E-state index contributed by atoms with van der Waals surface area (Å²) in [7, 11) is 0. The van der Waals surface area contributed by atoms with Crippen LogP contribution < -0.4 is 4.90 Å². The van der Waals surface area contributed by atoms with E-state index in [2.05, 4.69) is 10.2 Å². The predicted molar refractivity (Wildman–Crippen MR) is 99.5 cm³/mol. The van der Waals surface area contributed by atoms with Crippen molar-refractivity contribution in [2.75, 3.05) is 11.4 Å². The molecule has 1 heterocycles. The number of nitrogens with zero attached hydrogens (tertiary/aromatic N) is 3. The molecule has 6 heteroatoms. The van der Waals surface area contributed by atoms with Crippen molar-refractivity contribution in [3.05, 3.63) is 60.7 Å². The van der Waals surface area contributed by atoms with E-state index in [1.54, 1.807) is 4.90 Å². The van der Waals surface area contributed by atoms with Gasteiger partial charge in [-0.25, -0.2) is 0 Å². The molecular formula is C19H19N3O2S. The van der Waals surface area contributed by atoms with Crippen LogP contribution in [0.2, 0.25) is 0 Å². The molecule has 5 nitrogen and oxygen atoms in total. The largest absolute Gasteiger partial charge is 0.411 e. The molecule has 0 fully saturated rings. The standard InChI is InChI=1S/C19H19N3O2S/c1-3-22(16-12-8-5-9-13-16)18(23)14(2)25-19-21-20-17(24-19)15-10-6-4-7-11-15/h4-14H,3H2,1-2H3/t14-/m1/s1. The van der Waals surface area contributed by atoms with Crippen LogP contribution in [-0.2, 0) is 4.79 Å². The normalized spacial score (nSPS) is 11.9. The molecule has 0 aliphatic rings. The van der Waals surface area contributed by atoms with E-state index in [4.69, 9.17) is 4.42 Å². The Hall–Kier alpha value is -2.60. The van der Waals surface area contributed by atoms with Gasteiger partial charge in [0.15, 0.2) is 0 Å². The number of aromatic nitrogens is 2. The molecule has 0 unspecified atom stereocenters. The maximum atomic E-state index is 12.8. The molecule has 1 aromatic heterocycles. The molecule has 128 valence electrons. The maximum Gasteiger partial charge on any atom is 0.277 e. The molecule has 0 aliphatic heterocycles. The van der Waals surface area contributed by atoms with Crippen LogP contribution in [0.25, 0.3) is 11.5 Å². The molecule has 0 saturated carbocycles. The van der Waals surface area contributed by atoms with Crippen molar-refractivity contribution in [2.24, 2.45) is 0 Å². The Kier molecular flexibility index (Phi) is 5.50. The van der Waals surface area contributed by atoms with Gasteiger partial charge in [0.25, 0.3) is 5.22 Å². The zero-order chi connectivity index (χ0) is 17.6. The fourth-order valence-corrected chi connectivity index (χ4v) is 3.19. The number of para-hydroxylation sites is 1. The average molecular weight is 353 g/mol. The van der Waals surface area contributed by atoms with Crippen LogP contribution in [-0.4, -0.2) is 27.9 Å². The van der Waals surface area contributed by atoms with Crippen LogP contribution in [0.15, 0.2) is 70.3 Å². The summed E-state index contributed by atoms with van der Waals surface area (Å²) in [4.78, 5) is 14.5. The lowest BCUT2D eigenvalue weighted by molar-refractivity contribution is -0.117. The molecule has 0 bridgehead atoms. The average Bonchev–Trinajstić information content (AvgIpc) is 3.12. The van der Waals surface area contributed by atoms with E-state index < -0.39 is 0 Å². The highest BCUT2D eigenvalue weighted by Gasteiger charge is 2.24. The first-order chi connectivity index (χ1) is 12.2. The summed E-state index contributed by atoms with van der Waals surface area (Å²) in [6, 6.07) is 19.2. The zero-order valence-electron chi connectivity index (χ0n) is 14.1. The van der Waals surface area contributed by atoms with Gasteiger partial charge < -0.3 is 9.32 Å². The molecule has 0 aliphatic carbocycles. The summed E-state index contributed by atoms with van der Waals surface area (Å²) in [5, 5.41) is 8.17. The van der Waals surface area contributed by atoms with Gasteiger partial charge in [-0.05, 0) is 38.1 Å². The van der Waals surface area contributed by atoms with Gasteiger partial charge in [0, 0.05) is 17.8 Å². The number of carbonyl (C=O) groups is 1. The second-order valence-electron chi connectivity index (χ2n) is 5.42. The van der Waals surface area contributed by atoms with Crippen LogP contribution in [0.3, 0.4) is 0 Å². The summed E-state index contributed by atoms with van der Waals surface area (Å²) in [5.41, 5.74) is 1.75. The lowest BCUT2D eigenvalue weighted by Crippen LogP contribution is -2.36. The summed E-state index contributed by atoms with van der Waals surface area (Å²) in [6.07, 6.45) is 0. The van der Waals surface area contributed by atoms with Crippen molar-refractivity contribution in [2.45, 2.75) is 24.3 Å². The van der Waals surface area contributed by atoms with E-state index >= 15 is 0 Å². The van der Waals surface area contributed by atoms with E-state index in [1.165, 1.54) is 11.8 Å². The van der Waals surface area contributed by atoms with Crippen LogP contribution in [0.5, 0.6) is 0 Å². The topological polar surface area (TPSA) is 59.2 Å². The Morgan fingerprint density at radius 2 is 1.72 bits per heavy atom. The van der Waals surface area contributed by atoms with Crippen molar-refractivity contribution in [1.29, 1.82) is 0 Å². The predicted octanol–water partition coefficient (Wildman–Crippen LogP) is 4.27. The van der Waals surface area contributed by atoms with Gasteiger partial charge in [-0.2, -0.15) is 0 Å². The fraction of sp³-hybridized carbons (Fsp3) is 0.211. The minimum atomic E-state index is -0.329. The number of thioether (sulfide) groups is 1. The molecule has 25 heavy (non-hydrogen) atoms. The summed E-state index contributed by atoms with van der Waals surface area (Å²) >= 11 is 1.27. The van der Waals surface area contributed by atoms with Gasteiger partial charge in [0.05, 0.1) is 5.25 Å². The van der Waals surface area contributed by atoms with Crippen LogP contribution >= 0.6 is 11.8 Å². The van der Waals surface area contributed by atoms with Crippen LogP contribution in [0, 0.1) is 0 Å². The minimum absolute atomic E-state index is 0.0122. The number of anilines is 1. The van der Waals surface area contributed by atoms with Crippen molar-refractivity contribution in [1.82, 2.24) is 10.2 Å². The second kappa shape index (κ2) is 7.98. The van der Waals surface area contributed by atoms with Gasteiger partial charge in [0.2, 0.25) is 11.8 Å². The molecule has 0 saturated heterocycles. The molecule has 3 rings (SSSR count). The van der Waals surface area contributed by atoms with Gasteiger partial charge in [-0.1, -0.05) is 48.2 Å². The Balaban J connectivity index is 1.70. The van der Waals surface area contributed by atoms with Crippen molar-refractivity contribution in [3.8, 4) is 11.5 Å². The number of benzene rings is 2. The molecule has 3 aromatic rings. The molecular weight excluding hydrogens is 334 g/mol. The highest BCUT2D eigenvalue weighted by Crippen LogP contribution is 2.28. The first-order valence-corrected chi connectivity index (χ1v) is 8.99. The minimum Gasteiger partial charge on any atom is -0.411 e. The number of hydrogen-bond acceptors (Lipinski definition) is 5. The summed E-state index contributed by atoms with van der Waals surface area (Å²) < 4.78 is 5.68. The van der Waals surface area contributed by atoms with E-state index in [9.17, 15) is 4.79 Å². The highest BCUT2D eigenvalue weighted by atomic mass is 32.2. The lowest BCUT2D eigenvalue weighted by atomic mass is 10.2. The van der Waals surface area contributed by atoms with Crippen molar-refractivity contribution >= 4 is 23.4 Å². The Labute approximate surface area is 151 Å². The van der Waals surface area contributed by atoms with E-state index in [0.717, 1.165) is 11.3 Å². The summed E-state index contributed by atoms with van der Waals surface area (Å²) in [5.74, 6) is 0.469. The van der Waals surface area contributed by atoms with Gasteiger partial charge >= 0.3 is 0 Å². The number of rotatable bonds is 6. The Morgan fingerprint density at radius 3 is 2.36 bits per heavy atom.